The molecule has 1 aliphatic heterocycles. The van der Waals surface area contributed by atoms with Crippen molar-refractivity contribution in [2.75, 3.05) is 13.9 Å². The van der Waals surface area contributed by atoms with Gasteiger partial charge in [-0.05, 0) is 12.1 Å². The predicted octanol–water partition coefficient (Wildman–Crippen LogP) is 3.71. The summed E-state index contributed by atoms with van der Waals surface area (Å²) in [5.74, 6) is -0.631. The topological polar surface area (TPSA) is 57.7 Å². The van der Waals surface area contributed by atoms with Crippen molar-refractivity contribution in [2.24, 2.45) is 0 Å². The minimum atomic E-state index is -0.775. The van der Waals surface area contributed by atoms with Crippen molar-refractivity contribution in [3.63, 3.8) is 0 Å². The molecule has 2 aromatic rings. The van der Waals surface area contributed by atoms with Crippen molar-refractivity contribution in [1.29, 1.82) is 0 Å². The van der Waals surface area contributed by atoms with Crippen LogP contribution in [0.5, 0.6) is 11.5 Å². The molecule has 2 heterocycles. The number of hydrogen-bond donors (Lipinski definition) is 0. The van der Waals surface area contributed by atoms with Gasteiger partial charge in [-0.15, -0.1) is 0 Å². The highest BCUT2D eigenvalue weighted by Crippen LogP contribution is 2.41. The summed E-state index contributed by atoms with van der Waals surface area (Å²) >= 11 is 11.9. The quantitative estimate of drug-likeness (QED) is 0.778. The van der Waals surface area contributed by atoms with E-state index in [0.717, 1.165) is 6.07 Å². The van der Waals surface area contributed by atoms with Crippen molar-refractivity contribution < 1.29 is 23.4 Å². The van der Waals surface area contributed by atoms with Crippen LogP contribution in [0.2, 0.25) is 10.0 Å². The maximum absolute atomic E-state index is 14.2. The van der Waals surface area contributed by atoms with E-state index in [1.165, 1.54) is 19.2 Å². The number of hydrogen-bond acceptors (Lipinski definition) is 5. The number of carbonyl (C=O) groups is 1. The highest BCUT2D eigenvalue weighted by molar-refractivity contribution is 6.34. The van der Waals surface area contributed by atoms with Gasteiger partial charge >= 0.3 is 5.97 Å². The number of halogens is 3. The molecule has 0 atom stereocenters. The summed E-state index contributed by atoms with van der Waals surface area (Å²) < 4.78 is 29.2. The maximum atomic E-state index is 14.2. The van der Waals surface area contributed by atoms with Crippen LogP contribution in [0.4, 0.5) is 4.39 Å². The number of carbonyl (C=O) groups excluding carboxylic acids is 1. The molecule has 1 aliphatic rings. The molecule has 0 N–H and O–H groups in total. The van der Waals surface area contributed by atoms with E-state index < -0.39 is 11.8 Å². The lowest BCUT2D eigenvalue weighted by atomic mass is 10.1. The summed E-state index contributed by atoms with van der Waals surface area (Å²) in [5.41, 5.74) is -0.0763. The van der Waals surface area contributed by atoms with Crippen LogP contribution in [0.25, 0.3) is 11.3 Å². The second-order valence-electron chi connectivity index (χ2n) is 4.33. The number of ether oxygens (including phenoxy) is 3. The highest BCUT2D eigenvalue weighted by atomic mass is 35.5. The molecule has 0 spiro atoms. The molecule has 8 heteroatoms. The molecule has 0 radical (unpaired) electrons. The van der Waals surface area contributed by atoms with Crippen molar-refractivity contribution in [3.8, 4) is 22.8 Å². The third-order valence-electron chi connectivity index (χ3n) is 3.03. The monoisotopic (exact) mass is 343 g/mol. The van der Waals surface area contributed by atoms with E-state index in [9.17, 15) is 9.18 Å². The average molecular weight is 344 g/mol. The zero-order chi connectivity index (χ0) is 15.9. The Morgan fingerprint density at radius 3 is 2.59 bits per heavy atom. The summed E-state index contributed by atoms with van der Waals surface area (Å²) in [4.78, 5) is 15.6. The average Bonchev–Trinajstić information content (AvgIpc) is 2.93. The third-order valence-corrected chi connectivity index (χ3v) is 3.63. The SMILES string of the molecule is COC(=O)c1nc(-c2cc3c(cc2Cl)OCO3)c(F)cc1Cl. The molecule has 0 saturated carbocycles. The van der Waals surface area contributed by atoms with Gasteiger partial charge in [0.15, 0.2) is 23.0 Å². The van der Waals surface area contributed by atoms with Crippen LogP contribution in [0.3, 0.4) is 0 Å². The molecule has 114 valence electrons. The Bertz CT molecular complexity index is 782. The van der Waals surface area contributed by atoms with Crippen LogP contribution in [0, 0.1) is 5.82 Å². The molecule has 0 amide bonds. The largest absolute Gasteiger partial charge is 0.464 e. The number of nitrogens with zero attached hydrogens (tertiary/aromatic N) is 1. The minimum Gasteiger partial charge on any atom is -0.464 e. The van der Waals surface area contributed by atoms with Gasteiger partial charge in [0, 0.05) is 11.6 Å². The number of pyridine rings is 1. The smallest absolute Gasteiger partial charge is 0.358 e. The highest BCUT2D eigenvalue weighted by Gasteiger charge is 2.23. The second kappa shape index (κ2) is 5.62. The maximum Gasteiger partial charge on any atom is 0.358 e. The van der Waals surface area contributed by atoms with Crippen LogP contribution in [0.15, 0.2) is 18.2 Å². The van der Waals surface area contributed by atoms with Gasteiger partial charge in [-0.25, -0.2) is 14.2 Å². The predicted molar refractivity (Wildman–Crippen MR) is 77.1 cm³/mol. The number of aromatic nitrogens is 1. The van der Waals surface area contributed by atoms with Gasteiger partial charge in [-0.1, -0.05) is 23.2 Å². The van der Waals surface area contributed by atoms with Crippen molar-refractivity contribution >= 4 is 29.2 Å². The first-order valence-electron chi connectivity index (χ1n) is 6.05. The Balaban J connectivity index is 2.18. The molecule has 22 heavy (non-hydrogen) atoms. The Morgan fingerprint density at radius 1 is 1.23 bits per heavy atom. The molecule has 0 bridgehead atoms. The van der Waals surface area contributed by atoms with E-state index in [0.29, 0.717) is 11.5 Å². The Labute approximate surface area is 134 Å². The van der Waals surface area contributed by atoms with Crippen molar-refractivity contribution in [2.45, 2.75) is 0 Å². The zero-order valence-electron chi connectivity index (χ0n) is 11.2. The normalized spacial score (nSPS) is 12.4. The van der Waals surface area contributed by atoms with Gasteiger partial charge in [-0.2, -0.15) is 0 Å². The molecule has 3 rings (SSSR count). The van der Waals surface area contributed by atoms with E-state index in [1.807, 2.05) is 0 Å². The van der Waals surface area contributed by atoms with E-state index in [1.54, 1.807) is 0 Å². The number of rotatable bonds is 2. The summed E-state index contributed by atoms with van der Waals surface area (Å²) in [5, 5.41) is 0.0544. The number of fused-ring (bicyclic) bond motifs is 1. The molecule has 0 saturated heterocycles. The molecule has 1 aromatic carbocycles. The van der Waals surface area contributed by atoms with Crippen LogP contribution in [-0.2, 0) is 4.74 Å². The third kappa shape index (κ3) is 2.44. The first-order chi connectivity index (χ1) is 10.5. The van der Waals surface area contributed by atoms with Crippen LogP contribution in [0.1, 0.15) is 10.5 Å². The summed E-state index contributed by atoms with van der Waals surface area (Å²) in [7, 11) is 1.18. The van der Waals surface area contributed by atoms with Crippen molar-refractivity contribution in [3.05, 3.63) is 39.8 Å². The molecule has 0 unspecified atom stereocenters. The summed E-state index contributed by atoms with van der Waals surface area (Å²) in [6.07, 6.45) is 0. The van der Waals surface area contributed by atoms with Gasteiger partial charge in [-0.3, -0.25) is 0 Å². The van der Waals surface area contributed by atoms with E-state index in [-0.39, 0.29) is 33.8 Å². The lowest BCUT2D eigenvalue weighted by Gasteiger charge is -2.09. The summed E-state index contributed by atoms with van der Waals surface area (Å²) in [6, 6.07) is 3.97. The first-order valence-corrected chi connectivity index (χ1v) is 6.80. The van der Waals surface area contributed by atoms with Crippen LogP contribution >= 0.6 is 23.2 Å². The standard InChI is InChI=1S/C14H8Cl2FNO4/c1-20-14(19)13-8(16)3-9(17)12(18-13)6-2-10-11(4-7(6)15)22-5-21-10/h2-4H,5H2,1H3. The Morgan fingerprint density at radius 2 is 1.91 bits per heavy atom. The fourth-order valence-corrected chi connectivity index (χ4v) is 2.45. The van der Waals surface area contributed by atoms with Gasteiger partial charge in [0.05, 0.1) is 17.2 Å². The van der Waals surface area contributed by atoms with E-state index >= 15 is 0 Å². The second-order valence-corrected chi connectivity index (χ2v) is 5.14. The zero-order valence-corrected chi connectivity index (χ0v) is 12.7. The molecular formula is C14H8Cl2FNO4. The fraction of sp³-hybridized carbons (Fsp3) is 0.143. The fourth-order valence-electron chi connectivity index (χ4n) is 1.99. The van der Waals surface area contributed by atoms with Crippen LogP contribution in [-0.4, -0.2) is 24.9 Å². The lowest BCUT2D eigenvalue weighted by molar-refractivity contribution is 0.0594. The van der Waals surface area contributed by atoms with Gasteiger partial charge < -0.3 is 14.2 Å². The minimum absolute atomic E-state index is 0.0546. The number of esters is 1. The molecule has 1 aromatic heterocycles. The molecule has 0 aliphatic carbocycles. The Kier molecular flexibility index (Phi) is 3.80. The van der Waals surface area contributed by atoms with Gasteiger partial charge in [0.1, 0.15) is 5.69 Å². The summed E-state index contributed by atoms with van der Waals surface area (Å²) in [6.45, 7) is 0.0546. The first kappa shape index (κ1) is 14.9. The van der Waals surface area contributed by atoms with E-state index in [2.05, 4.69) is 9.72 Å². The Hall–Kier alpha value is -2.05. The number of benzene rings is 1. The van der Waals surface area contributed by atoms with Crippen molar-refractivity contribution in [1.82, 2.24) is 4.98 Å². The molecular weight excluding hydrogens is 336 g/mol. The van der Waals surface area contributed by atoms with Gasteiger partial charge in [0.2, 0.25) is 6.79 Å². The van der Waals surface area contributed by atoms with E-state index in [4.69, 9.17) is 32.7 Å². The molecule has 0 fully saturated rings. The molecule has 5 nitrogen and oxygen atoms in total. The number of methoxy groups -OCH3 is 1. The van der Waals surface area contributed by atoms with Crippen LogP contribution < -0.4 is 9.47 Å². The lowest BCUT2D eigenvalue weighted by Crippen LogP contribution is -2.07. The van der Waals surface area contributed by atoms with Gasteiger partial charge in [0.25, 0.3) is 0 Å².